The number of hydrogen-bond acceptors (Lipinski definition) is 2. The predicted molar refractivity (Wildman–Crippen MR) is 72.3 cm³/mol. The van der Waals surface area contributed by atoms with Crippen LogP contribution in [0.15, 0.2) is 12.2 Å². The maximum Gasteiger partial charge on any atom is 0.328 e. The number of rotatable bonds is 12. The number of aliphatic carboxylic acids is 1. The average molecular weight is 241 g/mol. The molecule has 0 heterocycles. The first-order valence-electron chi connectivity index (χ1n) is 6.87. The Balaban J connectivity index is 3.01. The van der Waals surface area contributed by atoms with Gasteiger partial charge in [0.1, 0.15) is 0 Å². The Morgan fingerprint density at radius 1 is 1.06 bits per heavy atom. The van der Waals surface area contributed by atoms with Crippen LogP contribution < -0.4 is 5.32 Å². The van der Waals surface area contributed by atoms with Crippen molar-refractivity contribution >= 4 is 5.97 Å². The van der Waals surface area contributed by atoms with Crippen LogP contribution in [-0.2, 0) is 4.79 Å². The number of carboxylic acid groups (broad SMARTS) is 1. The van der Waals surface area contributed by atoms with Crippen LogP contribution in [-0.4, -0.2) is 24.2 Å². The number of unbranched alkanes of at least 4 members (excludes halogenated alkanes) is 7. The maximum atomic E-state index is 10.2. The van der Waals surface area contributed by atoms with Gasteiger partial charge in [0, 0.05) is 12.6 Å². The largest absolute Gasteiger partial charge is 0.478 e. The molecule has 3 nitrogen and oxygen atoms in total. The average Bonchev–Trinajstić information content (AvgIpc) is 2.30. The van der Waals surface area contributed by atoms with Gasteiger partial charge in [0.25, 0.3) is 0 Å². The molecule has 0 spiro atoms. The summed E-state index contributed by atoms with van der Waals surface area (Å²) in [4.78, 5) is 10.2. The van der Waals surface area contributed by atoms with E-state index in [4.69, 9.17) is 5.11 Å². The van der Waals surface area contributed by atoms with E-state index in [1.165, 1.54) is 57.4 Å². The summed E-state index contributed by atoms with van der Waals surface area (Å²) in [6.45, 7) is 3.88. The van der Waals surface area contributed by atoms with Crippen molar-refractivity contribution in [2.75, 3.05) is 13.1 Å². The molecule has 0 aromatic rings. The predicted octanol–water partition coefficient (Wildman–Crippen LogP) is 3.36. The Bertz CT molecular complexity index is 202. The first kappa shape index (κ1) is 16.2. The highest BCUT2D eigenvalue weighted by atomic mass is 16.4. The summed E-state index contributed by atoms with van der Waals surface area (Å²) in [7, 11) is 0. The van der Waals surface area contributed by atoms with Gasteiger partial charge in [-0.2, -0.15) is 0 Å². The van der Waals surface area contributed by atoms with E-state index in [9.17, 15) is 4.79 Å². The Hall–Kier alpha value is -0.830. The van der Waals surface area contributed by atoms with Crippen LogP contribution in [0.4, 0.5) is 0 Å². The molecule has 2 N–H and O–H groups in total. The molecule has 0 unspecified atom stereocenters. The molecule has 0 atom stereocenters. The zero-order valence-electron chi connectivity index (χ0n) is 11.1. The van der Waals surface area contributed by atoms with Crippen molar-refractivity contribution in [1.29, 1.82) is 0 Å². The molecule has 0 aliphatic rings. The van der Waals surface area contributed by atoms with Crippen molar-refractivity contribution in [3.05, 3.63) is 12.2 Å². The molecule has 3 heteroatoms. The quantitative estimate of drug-likeness (QED) is 0.407. The molecule has 0 aromatic heterocycles. The molecule has 0 bridgehead atoms. The highest BCUT2D eigenvalue weighted by Gasteiger charge is 1.91. The third-order valence-corrected chi connectivity index (χ3v) is 2.73. The summed E-state index contributed by atoms with van der Waals surface area (Å²) in [5, 5.41) is 11.6. The summed E-state index contributed by atoms with van der Waals surface area (Å²) in [5.74, 6) is -0.876. The zero-order valence-corrected chi connectivity index (χ0v) is 11.1. The van der Waals surface area contributed by atoms with E-state index in [1.807, 2.05) is 0 Å². The molecule has 17 heavy (non-hydrogen) atoms. The van der Waals surface area contributed by atoms with Crippen LogP contribution in [0.1, 0.15) is 58.3 Å². The standard InChI is InChI=1S/C14H27NO2/c1-2-3-4-5-6-7-8-9-12-15-13-10-11-14(16)17/h10-11,15H,2-9,12-13H2,1H3,(H,16,17). The molecule has 0 aromatic carbocycles. The molecule has 0 radical (unpaired) electrons. The van der Waals surface area contributed by atoms with Gasteiger partial charge in [0.15, 0.2) is 0 Å². The summed E-state index contributed by atoms with van der Waals surface area (Å²) in [5.41, 5.74) is 0. The first-order chi connectivity index (χ1) is 8.27. The van der Waals surface area contributed by atoms with Crippen LogP contribution in [0, 0.1) is 0 Å². The van der Waals surface area contributed by atoms with Crippen molar-refractivity contribution < 1.29 is 9.90 Å². The van der Waals surface area contributed by atoms with Crippen LogP contribution in [0.2, 0.25) is 0 Å². The molecule has 0 saturated carbocycles. The van der Waals surface area contributed by atoms with E-state index in [-0.39, 0.29) is 0 Å². The van der Waals surface area contributed by atoms with Gasteiger partial charge in [-0.15, -0.1) is 0 Å². The lowest BCUT2D eigenvalue weighted by Crippen LogP contribution is -2.15. The fourth-order valence-corrected chi connectivity index (χ4v) is 1.73. The highest BCUT2D eigenvalue weighted by molar-refractivity contribution is 5.79. The number of hydrogen-bond donors (Lipinski definition) is 2. The third-order valence-electron chi connectivity index (χ3n) is 2.73. The fraction of sp³-hybridized carbons (Fsp3) is 0.786. The van der Waals surface area contributed by atoms with Gasteiger partial charge in [-0.1, -0.05) is 57.9 Å². The second kappa shape index (κ2) is 13.2. The SMILES string of the molecule is CCCCCCCCCCNCC=CC(=O)O. The van der Waals surface area contributed by atoms with E-state index in [0.717, 1.165) is 6.54 Å². The molecule has 0 fully saturated rings. The third kappa shape index (κ3) is 15.2. The molecule has 0 aliphatic heterocycles. The van der Waals surface area contributed by atoms with Crippen molar-refractivity contribution in [1.82, 2.24) is 5.32 Å². The number of carbonyl (C=O) groups is 1. The summed E-state index contributed by atoms with van der Waals surface area (Å²) in [6.07, 6.45) is 13.4. The molecular formula is C14H27NO2. The smallest absolute Gasteiger partial charge is 0.328 e. The summed E-state index contributed by atoms with van der Waals surface area (Å²) in [6, 6.07) is 0. The van der Waals surface area contributed by atoms with Gasteiger partial charge >= 0.3 is 5.97 Å². The van der Waals surface area contributed by atoms with E-state index in [0.29, 0.717) is 6.54 Å². The van der Waals surface area contributed by atoms with Crippen molar-refractivity contribution in [2.45, 2.75) is 58.3 Å². The minimum atomic E-state index is -0.876. The van der Waals surface area contributed by atoms with Gasteiger partial charge in [-0.05, 0) is 13.0 Å². The highest BCUT2D eigenvalue weighted by Crippen LogP contribution is 2.07. The van der Waals surface area contributed by atoms with Crippen LogP contribution >= 0.6 is 0 Å². The van der Waals surface area contributed by atoms with Gasteiger partial charge < -0.3 is 10.4 Å². The van der Waals surface area contributed by atoms with Crippen LogP contribution in [0.25, 0.3) is 0 Å². The maximum absolute atomic E-state index is 10.2. The Kier molecular flexibility index (Phi) is 12.6. The fourth-order valence-electron chi connectivity index (χ4n) is 1.73. The van der Waals surface area contributed by atoms with E-state index >= 15 is 0 Å². The molecule has 0 aliphatic carbocycles. The lowest BCUT2D eigenvalue weighted by atomic mass is 10.1. The second-order valence-corrected chi connectivity index (χ2v) is 4.42. The first-order valence-corrected chi connectivity index (χ1v) is 6.87. The minimum absolute atomic E-state index is 0.656. The Morgan fingerprint density at radius 3 is 2.24 bits per heavy atom. The van der Waals surface area contributed by atoms with Gasteiger partial charge in [-0.25, -0.2) is 4.79 Å². The Morgan fingerprint density at radius 2 is 1.65 bits per heavy atom. The van der Waals surface area contributed by atoms with E-state index in [1.54, 1.807) is 6.08 Å². The zero-order chi connectivity index (χ0) is 12.8. The second-order valence-electron chi connectivity index (χ2n) is 4.42. The van der Waals surface area contributed by atoms with Crippen molar-refractivity contribution in [3.8, 4) is 0 Å². The van der Waals surface area contributed by atoms with Crippen molar-refractivity contribution in [3.63, 3.8) is 0 Å². The van der Waals surface area contributed by atoms with Gasteiger partial charge in [0.2, 0.25) is 0 Å². The lowest BCUT2D eigenvalue weighted by molar-refractivity contribution is -0.131. The Labute approximate surface area is 105 Å². The number of nitrogens with one attached hydrogen (secondary N) is 1. The minimum Gasteiger partial charge on any atom is -0.478 e. The molecule has 0 rings (SSSR count). The normalized spacial score (nSPS) is 11.1. The van der Waals surface area contributed by atoms with Crippen molar-refractivity contribution in [2.24, 2.45) is 0 Å². The topological polar surface area (TPSA) is 49.3 Å². The monoisotopic (exact) mass is 241 g/mol. The molecule has 0 amide bonds. The lowest BCUT2D eigenvalue weighted by Gasteiger charge is -2.02. The van der Waals surface area contributed by atoms with Crippen LogP contribution in [0.5, 0.6) is 0 Å². The molecular weight excluding hydrogens is 214 g/mol. The molecule has 0 saturated heterocycles. The molecule has 100 valence electrons. The van der Waals surface area contributed by atoms with E-state index < -0.39 is 5.97 Å². The van der Waals surface area contributed by atoms with Gasteiger partial charge in [0.05, 0.1) is 0 Å². The van der Waals surface area contributed by atoms with Gasteiger partial charge in [-0.3, -0.25) is 0 Å². The van der Waals surface area contributed by atoms with Crippen LogP contribution in [0.3, 0.4) is 0 Å². The summed E-state index contributed by atoms with van der Waals surface area (Å²) >= 11 is 0. The number of carboxylic acids is 1. The summed E-state index contributed by atoms with van der Waals surface area (Å²) < 4.78 is 0. The van der Waals surface area contributed by atoms with E-state index in [2.05, 4.69) is 12.2 Å².